The van der Waals surface area contributed by atoms with Gasteiger partial charge in [0.1, 0.15) is 12.3 Å². The number of nitrogens with zero attached hydrogens (tertiary/aromatic N) is 3. The zero-order valence-corrected chi connectivity index (χ0v) is 16.4. The van der Waals surface area contributed by atoms with E-state index in [1.807, 2.05) is 23.9 Å². The van der Waals surface area contributed by atoms with Crippen LogP contribution >= 0.6 is 0 Å². The van der Waals surface area contributed by atoms with Crippen molar-refractivity contribution in [2.24, 2.45) is 7.05 Å². The molecule has 7 heteroatoms. The second kappa shape index (κ2) is 6.29. The summed E-state index contributed by atoms with van der Waals surface area (Å²) in [6.45, 7) is 7.29. The number of aromatic nitrogens is 2. The molecule has 25 heavy (non-hydrogen) atoms. The Labute approximate surface area is 149 Å². The Kier molecular flexibility index (Phi) is 4.58. The molecule has 0 amide bonds. The highest BCUT2D eigenvalue weighted by atomic mass is 32.2. The van der Waals surface area contributed by atoms with Crippen molar-refractivity contribution < 1.29 is 13.2 Å². The number of sulfonamides is 1. The summed E-state index contributed by atoms with van der Waals surface area (Å²) in [4.78, 5) is 4.72. The minimum atomic E-state index is -3.20. The summed E-state index contributed by atoms with van der Waals surface area (Å²) in [7, 11) is -1.24. The lowest BCUT2D eigenvalue weighted by molar-refractivity contribution is 0.222. The zero-order valence-electron chi connectivity index (χ0n) is 15.6. The van der Waals surface area contributed by atoms with Crippen molar-refractivity contribution in [1.29, 1.82) is 0 Å². The Balaban J connectivity index is 1.91. The van der Waals surface area contributed by atoms with Gasteiger partial charge in [-0.3, -0.25) is 0 Å². The molecule has 6 nitrogen and oxygen atoms in total. The lowest BCUT2D eigenvalue weighted by atomic mass is 9.87. The summed E-state index contributed by atoms with van der Waals surface area (Å²) >= 11 is 0. The Morgan fingerprint density at radius 1 is 1.36 bits per heavy atom. The topological polar surface area (TPSA) is 64.4 Å². The van der Waals surface area contributed by atoms with Gasteiger partial charge in [0.2, 0.25) is 15.9 Å². The summed E-state index contributed by atoms with van der Waals surface area (Å²) in [5, 5.41) is 1.08. The minimum absolute atomic E-state index is 0.113. The zero-order chi connectivity index (χ0) is 18.4. The molecule has 0 aromatic carbocycles. The average Bonchev–Trinajstić information content (AvgIpc) is 3.10. The van der Waals surface area contributed by atoms with Gasteiger partial charge in [-0.1, -0.05) is 20.8 Å². The van der Waals surface area contributed by atoms with Crippen LogP contribution in [0.4, 0.5) is 0 Å². The molecule has 2 aromatic rings. The van der Waals surface area contributed by atoms with Crippen LogP contribution < -0.4 is 4.74 Å². The van der Waals surface area contributed by atoms with E-state index in [2.05, 4.69) is 26.8 Å². The van der Waals surface area contributed by atoms with Gasteiger partial charge in [0.05, 0.1) is 12.3 Å². The van der Waals surface area contributed by atoms with Crippen molar-refractivity contribution in [1.82, 2.24) is 13.9 Å². The van der Waals surface area contributed by atoms with Crippen LogP contribution in [0.2, 0.25) is 0 Å². The molecule has 1 fully saturated rings. The normalized spacial score (nSPS) is 19.6. The fraction of sp³-hybridized carbons (Fsp3) is 0.611. The number of ether oxygens (including phenoxy) is 1. The maximum atomic E-state index is 11.9. The lowest BCUT2D eigenvalue weighted by Crippen LogP contribution is -2.38. The largest absolute Gasteiger partial charge is 0.476 e. The van der Waals surface area contributed by atoms with Crippen LogP contribution in [-0.2, 0) is 22.5 Å². The molecule has 0 spiro atoms. The van der Waals surface area contributed by atoms with Crippen LogP contribution in [-0.4, -0.2) is 47.7 Å². The van der Waals surface area contributed by atoms with E-state index in [4.69, 9.17) is 9.72 Å². The summed E-state index contributed by atoms with van der Waals surface area (Å²) in [5.41, 5.74) is 1.79. The summed E-state index contributed by atoms with van der Waals surface area (Å²) < 4.78 is 33.4. The Morgan fingerprint density at radius 2 is 2.08 bits per heavy atom. The molecule has 0 radical (unpaired) electrons. The molecule has 1 atom stereocenters. The second-order valence-corrected chi connectivity index (χ2v) is 9.85. The number of aryl methyl sites for hydroxylation is 1. The molecule has 1 saturated heterocycles. The van der Waals surface area contributed by atoms with Crippen LogP contribution in [0.3, 0.4) is 0 Å². The molecule has 0 saturated carbocycles. The molecular formula is C18H27N3O3S. The highest BCUT2D eigenvalue weighted by Gasteiger charge is 2.32. The fourth-order valence-corrected chi connectivity index (χ4v) is 4.57. The Morgan fingerprint density at radius 3 is 2.72 bits per heavy atom. The smallest absolute Gasteiger partial charge is 0.219 e. The predicted molar refractivity (Wildman–Crippen MR) is 99.5 cm³/mol. The first-order valence-electron chi connectivity index (χ1n) is 8.63. The molecular weight excluding hydrogens is 338 g/mol. The molecule has 1 unspecified atom stereocenters. The lowest BCUT2D eigenvalue weighted by Gasteiger charge is -2.25. The van der Waals surface area contributed by atoms with Gasteiger partial charge in [0.25, 0.3) is 0 Å². The Bertz CT molecular complexity index is 881. The highest BCUT2D eigenvalue weighted by Crippen LogP contribution is 2.33. The first kappa shape index (κ1) is 18.2. The highest BCUT2D eigenvalue weighted by molar-refractivity contribution is 7.88. The third-order valence-corrected chi connectivity index (χ3v) is 6.11. The maximum absolute atomic E-state index is 11.9. The SMILES string of the molecule is Cn1ccc2cc(C(C)(C)C)c(OCC3CCCN3S(C)(=O)=O)nc21. The number of rotatable bonds is 4. The third kappa shape index (κ3) is 3.67. The third-order valence-electron chi connectivity index (χ3n) is 4.78. The summed E-state index contributed by atoms with van der Waals surface area (Å²) in [6, 6.07) is 4.05. The number of hydrogen-bond donors (Lipinski definition) is 0. The van der Waals surface area contributed by atoms with Crippen molar-refractivity contribution in [3.63, 3.8) is 0 Å². The van der Waals surface area contributed by atoms with E-state index >= 15 is 0 Å². The van der Waals surface area contributed by atoms with Gasteiger partial charge in [-0.25, -0.2) is 8.42 Å². The van der Waals surface area contributed by atoms with Gasteiger partial charge < -0.3 is 9.30 Å². The molecule has 3 heterocycles. The van der Waals surface area contributed by atoms with E-state index in [-0.39, 0.29) is 11.5 Å². The number of pyridine rings is 1. The van der Waals surface area contributed by atoms with E-state index in [0.29, 0.717) is 19.0 Å². The van der Waals surface area contributed by atoms with Crippen LogP contribution in [0, 0.1) is 0 Å². The van der Waals surface area contributed by atoms with Crippen LogP contribution in [0.1, 0.15) is 39.2 Å². The van der Waals surface area contributed by atoms with Gasteiger partial charge in [-0.15, -0.1) is 0 Å². The molecule has 0 N–H and O–H groups in total. The molecule has 0 bridgehead atoms. The molecule has 0 aliphatic carbocycles. The molecule has 2 aromatic heterocycles. The Hall–Kier alpha value is -1.60. The van der Waals surface area contributed by atoms with Gasteiger partial charge in [0, 0.05) is 30.7 Å². The van der Waals surface area contributed by atoms with Crippen LogP contribution in [0.25, 0.3) is 11.0 Å². The van der Waals surface area contributed by atoms with Gasteiger partial charge >= 0.3 is 0 Å². The van der Waals surface area contributed by atoms with Gasteiger partial charge in [-0.2, -0.15) is 9.29 Å². The monoisotopic (exact) mass is 365 g/mol. The molecule has 3 rings (SSSR count). The van der Waals surface area contributed by atoms with Crippen molar-refractivity contribution in [2.45, 2.75) is 45.1 Å². The quantitative estimate of drug-likeness (QED) is 0.836. The molecule has 1 aliphatic rings. The molecule has 1 aliphatic heterocycles. The van der Waals surface area contributed by atoms with Crippen molar-refractivity contribution in [3.8, 4) is 5.88 Å². The van der Waals surface area contributed by atoms with E-state index in [1.54, 1.807) is 4.31 Å². The minimum Gasteiger partial charge on any atom is -0.476 e. The van der Waals surface area contributed by atoms with E-state index < -0.39 is 10.0 Å². The average molecular weight is 365 g/mol. The second-order valence-electron chi connectivity index (χ2n) is 7.91. The van der Waals surface area contributed by atoms with Gasteiger partial charge in [-0.05, 0) is 30.4 Å². The first-order valence-corrected chi connectivity index (χ1v) is 10.5. The van der Waals surface area contributed by atoms with Crippen LogP contribution in [0.5, 0.6) is 5.88 Å². The van der Waals surface area contributed by atoms with E-state index in [1.165, 1.54) is 6.26 Å². The standard InChI is InChI=1S/C18H27N3O3S/c1-18(2,3)15-11-13-8-10-20(4)16(13)19-17(15)24-12-14-7-6-9-21(14)25(5,22)23/h8,10-11,14H,6-7,9,12H2,1-5H3. The van der Waals surface area contributed by atoms with Crippen molar-refractivity contribution >= 4 is 21.1 Å². The number of fused-ring (bicyclic) bond motifs is 1. The van der Waals surface area contributed by atoms with Gasteiger partial charge in [0.15, 0.2) is 0 Å². The fourth-order valence-electron chi connectivity index (χ4n) is 3.41. The first-order chi connectivity index (χ1) is 11.6. The van der Waals surface area contributed by atoms with Crippen molar-refractivity contribution in [2.75, 3.05) is 19.4 Å². The van der Waals surface area contributed by atoms with Crippen molar-refractivity contribution in [3.05, 3.63) is 23.9 Å². The number of hydrogen-bond acceptors (Lipinski definition) is 4. The van der Waals surface area contributed by atoms with E-state index in [9.17, 15) is 8.42 Å². The molecule has 138 valence electrons. The summed E-state index contributed by atoms with van der Waals surface area (Å²) in [6.07, 6.45) is 4.94. The van der Waals surface area contributed by atoms with Crippen LogP contribution in [0.15, 0.2) is 18.3 Å². The maximum Gasteiger partial charge on any atom is 0.219 e. The summed E-state index contributed by atoms with van der Waals surface area (Å²) in [5.74, 6) is 0.599. The van der Waals surface area contributed by atoms with E-state index in [0.717, 1.165) is 29.4 Å². The predicted octanol–water partition coefficient (Wildman–Crippen LogP) is 2.67.